The molecule has 0 radical (unpaired) electrons. The summed E-state index contributed by atoms with van der Waals surface area (Å²) >= 11 is 1.34. The Labute approximate surface area is 109 Å². The van der Waals surface area contributed by atoms with Crippen LogP contribution in [0.4, 0.5) is 0 Å². The minimum absolute atomic E-state index is 0.0580. The highest BCUT2D eigenvalue weighted by atomic mass is 32.1. The van der Waals surface area contributed by atoms with Gasteiger partial charge in [-0.1, -0.05) is 18.2 Å². The molecule has 1 aromatic carbocycles. The zero-order valence-electron chi connectivity index (χ0n) is 9.75. The molecule has 88 valence electrons. The summed E-state index contributed by atoms with van der Waals surface area (Å²) in [5, 5.41) is 8.78. The number of thiazole rings is 1. The maximum absolute atomic E-state index is 11.9. The summed E-state index contributed by atoms with van der Waals surface area (Å²) in [7, 11) is 0. The first kappa shape index (κ1) is 12.2. The van der Waals surface area contributed by atoms with Crippen LogP contribution >= 0.6 is 11.3 Å². The average molecular weight is 254 g/mol. The molecule has 0 aliphatic carbocycles. The Morgan fingerprint density at radius 1 is 1.50 bits per heavy atom. The van der Waals surface area contributed by atoms with Crippen molar-refractivity contribution in [1.29, 1.82) is 5.26 Å². The van der Waals surface area contributed by atoms with Gasteiger partial charge in [-0.3, -0.25) is 4.79 Å². The topological polar surface area (TPSA) is 53.8 Å². The molecule has 2 rings (SSSR count). The molecule has 0 N–H and O–H groups in total. The second kappa shape index (κ2) is 5.39. The molecule has 0 saturated heterocycles. The van der Waals surface area contributed by atoms with Crippen LogP contribution in [0.3, 0.4) is 0 Å². The molecule has 0 fully saturated rings. The minimum atomic E-state index is -0.0580. The number of aromatic nitrogens is 1. The van der Waals surface area contributed by atoms with Crippen molar-refractivity contribution in [3.8, 4) is 6.07 Å². The Hall–Kier alpha value is -2.25. The van der Waals surface area contributed by atoms with E-state index in [4.69, 9.17) is 5.26 Å². The lowest BCUT2D eigenvalue weighted by Gasteiger charge is -1.94. The van der Waals surface area contributed by atoms with Crippen LogP contribution < -0.4 is 0 Å². The molecular formula is C14H10N2OS. The van der Waals surface area contributed by atoms with Crippen LogP contribution in [0.15, 0.2) is 35.9 Å². The number of rotatable bonds is 3. The van der Waals surface area contributed by atoms with Gasteiger partial charge in [0.25, 0.3) is 0 Å². The fraction of sp³-hybridized carbons (Fsp3) is 0.0714. The number of carbonyl (C=O) groups is 1. The number of nitriles is 1. The summed E-state index contributed by atoms with van der Waals surface area (Å²) in [5.74, 6) is -0.0580. The first-order chi connectivity index (χ1) is 8.70. The smallest absolute Gasteiger partial charge is 0.197 e. The van der Waals surface area contributed by atoms with Crippen molar-refractivity contribution in [1.82, 2.24) is 4.98 Å². The van der Waals surface area contributed by atoms with E-state index >= 15 is 0 Å². The highest BCUT2D eigenvalue weighted by Crippen LogP contribution is 2.14. The molecule has 4 heteroatoms. The molecule has 1 aromatic heterocycles. The first-order valence-corrected chi connectivity index (χ1v) is 6.21. The van der Waals surface area contributed by atoms with Gasteiger partial charge in [-0.25, -0.2) is 4.98 Å². The molecule has 1 heterocycles. The molecule has 2 aromatic rings. The standard InChI is InChI=1S/C14H10N2OS/c1-10-14(18-9-16-10)13(17)6-5-11-3-2-4-12(7-11)8-15/h2-7,9H,1H3/b6-5+. The Bertz CT molecular complexity index is 650. The lowest BCUT2D eigenvalue weighted by molar-refractivity contribution is 0.105. The molecule has 3 nitrogen and oxygen atoms in total. The van der Waals surface area contributed by atoms with E-state index in [2.05, 4.69) is 11.1 Å². The van der Waals surface area contributed by atoms with Crippen LogP contribution in [0.5, 0.6) is 0 Å². The second-order valence-corrected chi connectivity index (χ2v) is 4.56. The molecule has 0 spiro atoms. The molecule has 0 atom stereocenters. The van der Waals surface area contributed by atoms with Gasteiger partial charge in [-0.2, -0.15) is 5.26 Å². The monoisotopic (exact) mass is 254 g/mol. The Kier molecular flexibility index (Phi) is 3.66. The zero-order chi connectivity index (χ0) is 13.0. The lowest BCUT2D eigenvalue weighted by atomic mass is 10.1. The summed E-state index contributed by atoms with van der Waals surface area (Å²) < 4.78 is 0. The van der Waals surface area contributed by atoms with Crippen molar-refractivity contribution < 1.29 is 4.79 Å². The molecule has 0 aliphatic rings. The molecule has 0 aliphatic heterocycles. The van der Waals surface area contributed by atoms with Crippen molar-refractivity contribution in [2.75, 3.05) is 0 Å². The highest BCUT2D eigenvalue weighted by Gasteiger charge is 2.07. The predicted molar refractivity (Wildman–Crippen MR) is 71.4 cm³/mol. The summed E-state index contributed by atoms with van der Waals surface area (Å²) in [5.41, 5.74) is 3.83. The highest BCUT2D eigenvalue weighted by molar-refractivity contribution is 7.12. The predicted octanol–water partition coefficient (Wildman–Crippen LogP) is 3.22. The van der Waals surface area contributed by atoms with E-state index in [1.54, 1.807) is 29.8 Å². The SMILES string of the molecule is Cc1ncsc1C(=O)/C=C/c1cccc(C#N)c1. The summed E-state index contributed by atoms with van der Waals surface area (Å²) in [6, 6.07) is 9.18. The molecule has 0 unspecified atom stereocenters. The van der Waals surface area contributed by atoms with E-state index in [-0.39, 0.29) is 5.78 Å². The van der Waals surface area contributed by atoms with Crippen LogP contribution in [-0.2, 0) is 0 Å². The molecule has 0 amide bonds. The fourth-order valence-electron chi connectivity index (χ4n) is 1.50. The molecule has 0 bridgehead atoms. The third kappa shape index (κ3) is 2.70. The van der Waals surface area contributed by atoms with Gasteiger partial charge in [0.2, 0.25) is 0 Å². The largest absolute Gasteiger partial charge is 0.288 e. The van der Waals surface area contributed by atoms with E-state index in [1.807, 2.05) is 13.0 Å². The van der Waals surface area contributed by atoms with E-state index < -0.39 is 0 Å². The van der Waals surface area contributed by atoms with Gasteiger partial charge in [0.15, 0.2) is 5.78 Å². The third-order valence-corrected chi connectivity index (χ3v) is 3.36. The zero-order valence-corrected chi connectivity index (χ0v) is 10.6. The first-order valence-electron chi connectivity index (χ1n) is 5.33. The van der Waals surface area contributed by atoms with Crippen LogP contribution in [0.1, 0.15) is 26.5 Å². The molecule has 18 heavy (non-hydrogen) atoms. The average Bonchev–Trinajstić information content (AvgIpc) is 2.82. The number of hydrogen-bond acceptors (Lipinski definition) is 4. The lowest BCUT2D eigenvalue weighted by Crippen LogP contribution is -1.93. The van der Waals surface area contributed by atoms with Crippen LogP contribution in [-0.4, -0.2) is 10.8 Å². The van der Waals surface area contributed by atoms with Crippen molar-refractivity contribution in [3.05, 3.63) is 57.6 Å². The molecule has 0 saturated carbocycles. The van der Waals surface area contributed by atoms with E-state index in [0.717, 1.165) is 11.3 Å². The van der Waals surface area contributed by atoms with Gasteiger partial charge in [0.1, 0.15) is 0 Å². The molecular weight excluding hydrogens is 244 g/mol. The van der Waals surface area contributed by atoms with E-state index in [9.17, 15) is 4.79 Å². The number of aryl methyl sites for hydroxylation is 1. The number of benzene rings is 1. The Balaban J connectivity index is 2.19. The van der Waals surface area contributed by atoms with Crippen molar-refractivity contribution >= 4 is 23.2 Å². The third-order valence-electron chi connectivity index (χ3n) is 2.41. The number of allylic oxidation sites excluding steroid dienone is 1. The Morgan fingerprint density at radius 2 is 2.33 bits per heavy atom. The van der Waals surface area contributed by atoms with Gasteiger partial charge in [-0.05, 0) is 30.7 Å². The second-order valence-electron chi connectivity index (χ2n) is 3.70. The summed E-state index contributed by atoms with van der Waals surface area (Å²) in [6.07, 6.45) is 3.22. The van der Waals surface area contributed by atoms with Crippen molar-refractivity contribution in [3.63, 3.8) is 0 Å². The van der Waals surface area contributed by atoms with Crippen molar-refractivity contribution in [2.45, 2.75) is 6.92 Å². The van der Waals surface area contributed by atoms with Gasteiger partial charge < -0.3 is 0 Å². The number of ketones is 1. The minimum Gasteiger partial charge on any atom is -0.288 e. The van der Waals surface area contributed by atoms with Gasteiger partial charge >= 0.3 is 0 Å². The van der Waals surface area contributed by atoms with E-state index in [0.29, 0.717) is 10.4 Å². The summed E-state index contributed by atoms with van der Waals surface area (Å²) in [4.78, 5) is 16.6. The summed E-state index contributed by atoms with van der Waals surface area (Å²) in [6.45, 7) is 1.81. The normalized spacial score (nSPS) is 10.4. The fourth-order valence-corrected chi connectivity index (χ4v) is 2.22. The number of hydrogen-bond donors (Lipinski definition) is 0. The van der Waals surface area contributed by atoms with Gasteiger partial charge in [-0.15, -0.1) is 11.3 Å². The van der Waals surface area contributed by atoms with Gasteiger partial charge in [0.05, 0.1) is 27.7 Å². The van der Waals surface area contributed by atoms with Crippen LogP contribution in [0, 0.1) is 18.3 Å². The van der Waals surface area contributed by atoms with E-state index in [1.165, 1.54) is 17.4 Å². The van der Waals surface area contributed by atoms with Gasteiger partial charge in [0, 0.05) is 0 Å². The van der Waals surface area contributed by atoms with Crippen LogP contribution in [0.25, 0.3) is 6.08 Å². The maximum Gasteiger partial charge on any atom is 0.197 e. The number of nitrogens with zero attached hydrogens (tertiary/aromatic N) is 2. The Morgan fingerprint density at radius 3 is 3.00 bits per heavy atom. The van der Waals surface area contributed by atoms with Crippen LogP contribution in [0.2, 0.25) is 0 Å². The quantitative estimate of drug-likeness (QED) is 0.624. The number of carbonyl (C=O) groups excluding carboxylic acids is 1. The van der Waals surface area contributed by atoms with Crippen molar-refractivity contribution in [2.24, 2.45) is 0 Å². The maximum atomic E-state index is 11.9.